The van der Waals surface area contributed by atoms with Crippen LogP contribution >= 0.6 is 0 Å². The largest absolute Gasteiger partial charge is 0.490 e. The van der Waals surface area contributed by atoms with Crippen molar-refractivity contribution in [3.63, 3.8) is 0 Å². The molecule has 0 saturated carbocycles. The van der Waals surface area contributed by atoms with Crippen molar-refractivity contribution < 1.29 is 18.9 Å². The van der Waals surface area contributed by atoms with Crippen LogP contribution in [-0.4, -0.2) is 46.7 Å². The molecule has 118 valence electrons. The molecule has 1 aromatic rings. The standard InChI is InChI=1S/C16H25NO4/c1-18-10-11-19-7-2-6-17-13-14-4-5-15-16(12-14)21-9-3-8-20-15/h4-5,12,17H,2-3,6-11,13H2,1H3. The fourth-order valence-corrected chi connectivity index (χ4v) is 2.09. The van der Waals surface area contributed by atoms with E-state index in [2.05, 4.69) is 17.4 Å². The van der Waals surface area contributed by atoms with Crippen LogP contribution in [0.5, 0.6) is 11.5 Å². The van der Waals surface area contributed by atoms with Crippen molar-refractivity contribution >= 4 is 0 Å². The van der Waals surface area contributed by atoms with Gasteiger partial charge in [-0.05, 0) is 30.7 Å². The van der Waals surface area contributed by atoms with E-state index in [9.17, 15) is 0 Å². The lowest BCUT2D eigenvalue weighted by atomic mass is 10.2. The summed E-state index contributed by atoms with van der Waals surface area (Å²) in [6.45, 7) is 5.30. The molecule has 1 aromatic carbocycles. The quantitative estimate of drug-likeness (QED) is 0.706. The maximum absolute atomic E-state index is 5.69. The lowest BCUT2D eigenvalue weighted by molar-refractivity contribution is 0.0695. The van der Waals surface area contributed by atoms with Crippen molar-refractivity contribution in [2.75, 3.05) is 46.7 Å². The molecule has 1 aliphatic heterocycles. The van der Waals surface area contributed by atoms with Gasteiger partial charge in [-0.1, -0.05) is 6.07 Å². The number of hydrogen-bond donors (Lipinski definition) is 1. The molecule has 5 nitrogen and oxygen atoms in total. The number of methoxy groups -OCH3 is 1. The lowest BCUT2D eigenvalue weighted by Crippen LogP contribution is -2.17. The van der Waals surface area contributed by atoms with Gasteiger partial charge in [0.15, 0.2) is 11.5 Å². The Morgan fingerprint density at radius 1 is 1.10 bits per heavy atom. The van der Waals surface area contributed by atoms with Crippen LogP contribution in [0.3, 0.4) is 0 Å². The monoisotopic (exact) mass is 295 g/mol. The highest BCUT2D eigenvalue weighted by Gasteiger charge is 2.10. The summed E-state index contributed by atoms with van der Waals surface area (Å²) in [6.07, 6.45) is 1.93. The van der Waals surface area contributed by atoms with Crippen molar-refractivity contribution in [2.45, 2.75) is 19.4 Å². The summed E-state index contributed by atoms with van der Waals surface area (Å²) >= 11 is 0. The topological polar surface area (TPSA) is 49.0 Å². The number of rotatable bonds is 9. The van der Waals surface area contributed by atoms with Gasteiger partial charge in [0, 0.05) is 26.7 Å². The molecule has 0 radical (unpaired) electrons. The van der Waals surface area contributed by atoms with Gasteiger partial charge in [-0.15, -0.1) is 0 Å². The van der Waals surface area contributed by atoms with Gasteiger partial charge in [0.25, 0.3) is 0 Å². The number of fused-ring (bicyclic) bond motifs is 1. The Hall–Kier alpha value is -1.30. The van der Waals surface area contributed by atoms with Gasteiger partial charge in [0.05, 0.1) is 26.4 Å². The second kappa shape index (κ2) is 9.60. The molecule has 0 aliphatic carbocycles. The van der Waals surface area contributed by atoms with E-state index in [1.165, 1.54) is 5.56 Å². The number of ether oxygens (including phenoxy) is 4. The van der Waals surface area contributed by atoms with E-state index in [1.54, 1.807) is 7.11 Å². The predicted octanol–water partition coefficient (Wildman–Crippen LogP) is 1.99. The Balaban J connectivity index is 1.63. The van der Waals surface area contributed by atoms with Crippen LogP contribution in [0.15, 0.2) is 18.2 Å². The third kappa shape index (κ3) is 5.91. The molecule has 2 rings (SSSR count). The Bertz CT molecular complexity index is 411. The summed E-state index contributed by atoms with van der Waals surface area (Å²) in [4.78, 5) is 0. The van der Waals surface area contributed by atoms with Crippen LogP contribution in [0, 0.1) is 0 Å². The number of hydrogen-bond acceptors (Lipinski definition) is 5. The Morgan fingerprint density at radius 2 is 1.95 bits per heavy atom. The van der Waals surface area contributed by atoms with Gasteiger partial charge in [-0.25, -0.2) is 0 Å². The first-order valence-corrected chi connectivity index (χ1v) is 7.56. The molecule has 0 fully saturated rings. The van der Waals surface area contributed by atoms with Gasteiger partial charge >= 0.3 is 0 Å². The highest BCUT2D eigenvalue weighted by molar-refractivity contribution is 5.43. The molecule has 0 unspecified atom stereocenters. The molecule has 1 N–H and O–H groups in total. The van der Waals surface area contributed by atoms with Crippen molar-refractivity contribution in [3.8, 4) is 11.5 Å². The second-order valence-corrected chi connectivity index (χ2v) is 4.97. The maximum Gasteiger partial charge on any atom is 0.161 e. The molecule has 0 amide bonds. The zero-order chi connectivity index (χ0) is 14.8. The van der Waals surface area contributed by atoms with Gasteiger partial charge < -0.3 is 24.3 Å². The average Bonchev–Trinajstić information content (AvgIpc) is 2.74. The minimum atomic E-state index is 0.657. The van der Waals surface area contributed by atoms with Gasteiger partial charge in [0.1, 0.15) is 0 Å². The molecule has 0 saturated heterocycles. The summed E-state index contributed by atoms with van der Waals surface area (Å²) in [5, 5.41) is 3.41. The molecule has 0 spiro atoms. The minimum Gasteiger partial charge on any atom is -0.490 e. The average molecular weight is 295 g/mol. The highest BCUT2D eigenvalue weighted by Crippen LogP contribution is 2.30. The summed E-state index contributed by atoms with van der Waals surface area (Å²) in [7, 11) is 1.68. The van der Waals surface area contributed by atoms with Gasteiger partial charge in [-0.3, -0.25) is 0 Å². The van der Waals surface area contributed by atoms with Crippen LogP contribution in [0.1, 0.15) is 18.4 Å². The zero-order valence-corrected chi connectivity index (χ0v) is 12.7. The van der Waals surface area contributed by atoms with Crippen LogP contribution < -0.4 is 14.8 Å². The number of benzene rings is 1. The molecule has 0 bridgehead atoms. The molecule has 1 aliphatic rings. The van der Waals surface area contributed by atoms with Crippen molar-refractivity contribution in [1.29, 1.82) is 0 Å². The summed E-state index contributed by atoms with van der Waals surface area (Å²) < 4.78 is 21.6. The van der Waals surface area contributed by atoms with Crippen LogP contribution in [0.4, 0.5) is 0 Å². The summed E-state index contributed by atoms with van der Waals surface area (Å²) in [5.74, 6) is 1.71. The van der Waals surface area contributed by atoms with Crippen LogP contribution in [0.25, 0.3) is 0 Å². The third-order valence-corrected chi connectivity index (χ3v) is 3.22. The summed E-state index contributed by atoms with van der Waals surface area (Å²) in [6, 6.07) is 6.13. The van der Waals surface area contributed by atoms with Crippen molar-refractivity contribution in [2.24, 2.45) is 0 Å². The highest BCUT2D eigenvalue weighted by atomic mass is 16.5. The van der Waals surface area contributed by atoms with Gasteiger partial charge in [0.2, 0.25) is 0 Å². The van der Waals surface area contributed by atoms with Crippen LogP contribution in [0.2, 0.25) is 0 Å². The maximum atomic E-state index is 5.69. The second-order valence-electron chi connectivity index (χ2n) is 4.97. The fraction of sp³-hybridized carbons (Fsp3) is 0.625. The Kier molecular flexibility index (Phi) is 7.35. The minimum absolute atomic E-state index is 0.657. The third-order valence-electron chi connectivity index (χ3n) is 3.22. The lowest BCUT2D eigenvalue weighted by Gasteiger charge is -2.10. The first kappa shape index (κ1) is 16.1. The predicted molar refractivity (Wildman–Crippen MR) is 81.1 cm³/mol. The van der Waals surface area contributed by atoms with Crippen molar-refractivity contribution in [3.05, 3.63) is 23.8 Å². The van der Waals surface area contributed by atoms with E-state index in [4.69, 9.17) is 18.9 Å². The fourth-order valence-electron chi connectivity index (χ4n) is 2.09. The van der Waals surface area contributed by atoms with E-state index < -0.39 is 0 Å². The molecule has 0 atom stereocenters. The molecule has 1 heterocycles. The molecular weight excluding hydrogens is 270 g/mol. The SMILES string of the molecule is COCCOCCCNCc1ccc2c(c1)OCCCO2. The summed E-state index contributed by atoms with van der Waals surface area (Å²) in [5.41, 5.74) is 1.21. The zero-order valence-electron chi connectivity index (χ0n) is 12.7. The first-order chi connectivity index (χ1) is 10.4. The van der Waals surface area contributed by atoms with E-state index >= 15 is 0 Å². The molecule has 0 aromatic heterocycles. The smallest absolute Gasteiger partial charge is 0.161 e. The van der Waals surface area contributed by atoms with E-state index in [1.807, 2.05) is 6.07 Å². The van der Waals surface area contributed by atoms with E-state index in [-0.39, 0.29) is 0 Å². The van der Waals surface area contributed by atoms with E-state index in [0.717, 1.165) is 57.3 Å². The van der Waals surface area contributed by atoms with E-state index in [0.29, 0.717) is 13.2 Å². The number of nitrogens with one attached hydrogen (secondary N) is 1. The van der Waals surface area contributed by atoms with Crippen molar-refractivity contribution in [1.82, 2.24) is 5.32 Å². The normalized spacial score (nSPS) is 14.0. The Morgan fingerprint density at radius 3 is 2.81 bits per heavy atom. The Labute approximate surface area is 126 Å². The molecular formula is C16H25NO4. The molecule has 21 heavy (non-hydrogen) atoms. The molecule has 5 heteroatoms. The van der Waals surface area contributed by atoms with Gasteiger partial charge in [-0.2, -0.15) is 0 Å². The van der Waals surface area contributed by atoms with Crippen LogP contribution in [-0.2, 0) is 16.0 Å². The first-order valence-electron chi connectivity index (χ1n) is 7.56.